The van der Waals surface area contributed by atoms with Gasteiger partial charge in [0.2, 0.25) is 0 Å². The highest BCUT2D eigenvalue weighted by Crippen LogP contribution is 2.23. The third-order valence-electron chi connectivity index (χ3n) is 3.62. The van der Waals surface area contributed by atoms with Crippen molar-refractivity contribution in [2.75, 3.05) is 18.0 Å². The molecule has 1 saturated heterocycles. The topological polar surface area (TPSA) is 41.9 Å². The summed E-state index contributed by atoms with van der Waals surface area (Å²) in [6.45, 7) is 2.13. The predicted octanol–water partition coefficient (Wildman–Crippen LogP) is 2.33. The van der Waals surface area contributed by atoms with Gasteiger partial charge in [0.05, 0.1) is 6.20 Å². The summed E-state index contributed by atoms with van der Waals surface area (Å²) in [7, 11) is 0. The van der Waals surface area contributed by atoms with E-state index >= 15 is 0 Å². The molecule has 4 heteroatoms. The van der Waals surface area contributed by atoms with Gasteiger partial charge in [0.1, 0.15) is 5.82 Å². The average molecular weight is 254 g/mol. The number of anilines is 1. The molecular weight excluding hydrogens is 236 g/mol. The van der Waals surface area contributed by atoms with Gasteiger partial charge >= 0.3 is 0 Å². The summed E-state index contributed by atoms with van der Waals surface area (Å²) in [5.41, 5.74) is 1.19. The Kier molecular flexibility index (Phi) is 3.68. The van der Waals surface area contributed by atoms with E-state index in [4.69, 9.17) is 0 Å². The summed E-state index contributed by atoms with van der Waals surface area (Å²) in [5, 5.41) is 0. The van der Waals surface area contributed by atoms with E-state index in [1.165, 1.54) is 18.5 Å². The normalized spacial score (nSPS) is 19.4. The number of hydrogen-bond acceptors (Lipinski definition) is 4. The Bertz CT molecular complexity index is 500. The molecule has 98 valence electrons. The SMILES string of the molecule is c1ccc(CC2CCCN(c3cnccn3)C2)nc1. The van der Waals surface area contributed by atoms with Crippen LogP contribution in [0.5, 0.6) is 0 Å². The number of pyridine rings is 1. The molecule has 0 saturated carbocycles. The molecule has 0 radical (unpaired) electrons. The Morgan fingerprint density at radius 3 is 2.95 bits per heavy atom. The molecule has 0 bridgehead atoms. The highest BCUT2D eigenvalue weighted by Gasteiger charge is 2.21. The van der Waals surface area contributed by atoms with Crippen LogP contribution in [0.15, 0.2) is 43.0 Å². The minimum atomic E-state index is 0.658. The largest absolute Gasteiger partial charge is 0.355 e. The van der Waals surface area contributed by atoms with Gasteiger partial charge in [0, 0.05) is 37.4 Å². The summed E-state index contributed by atoms with van der Waals surface area (Å²) < 4.78 is 0. The van der Waals surface area contributed by atoms with Crippen molar-refractivity contribution in [1.82, 2.24) is 15.0 Å². The van der Waals surface area contributed by atoms with Crippen LogP contribution in [0.25, 0.3) is 0 Å². The molecular formula is C15H18N4. The molecule has 3 heterocycles. The summed E-state index contributed by atoms with van der Waals surface area (Å²) in [4.78, 5) is 15.3. The van der Waals surface area contributed by atoms with Crippen LogP contribution >= 0.6 is 0 Å². The van der Waals surface area contributed by atoms with E-state index in [0.29, 0.717) is 5.92 Å². The molecule has 1 aliphatic heterocycles. The van der Waals surface area contributed by atoms with Gasteiger partial charge in [0.25, 0.3) is 0 Å². The van der Waals surface area contributed by atoms with E-state index in [9.17, 15) is 0 Å². The van der Waals surface area contributed by atoms with Crippen LogP contribution in [0.3, 0.4) is 0 Å². The lowest BCUT2D eigenvalue weighted by Gasteiger charge is -2.33. The van der Waals surface area contributed by atoms with Gasteiger partial charge < -0.3 is 4.90 Å². The van der Waals surface area contributed by atoms with Gasteiger partial charge in [-0.25, -0.2) is 4.98 Å². The van der Waals surface area contributed by atoms with Crippen molar-refractivity contribution in [2.24, 2.45) is 5.92 Å². The van der Waals surface area contributed by atoms with E-state index in [2.05, 4.69) is 32.0 Å². The zero-order valence-corrected chi connectivity index (χ0v) is 10.9. The van der Waals surface area contributed by atoms with Crippen molar-refractivity contribution in [3.05, 3.63) is 48.7 Å². The lowest BCUT2D eigenvalue weighted by Crippen LogP contribution is -2.36. The van der Waals surface area contributed by atoms with Crippen LogP contribution < -0.4 is 4.90 Å². The summed E-state index contributed by atoms with van der Waals surface area (Å²) >= 11 is 0. The zero-order valence-electron chi connectivity index (χ0n) is 10.9. The van der Waals surface area contributed by atoms with Gasteiger partial charge in [-0.1, -0.05) is 6.07 Å². The fourth-order valence-electron chi connectivity index (χ4n) is 2.71. The molecule has 3 rings (SSSR count). The Morgan fingerprint density at radius 2 is 2.16 bits per heavy atom. The molecule has 1 atom stereocenters. The second kappa shape index (κ2) is 5.78. The average Bonchev–Trinajstić information content (AvgIpc) is 2.49. The van der Waals surface area contributed by atoms with Gasteiger partial charge in [-0.05, 0) is 37.3 Å². The van der Waals surface area contributed by atoms with E-state index in [-0.39, 0.29) is 0 Å². The highest BCUT2D eigenvalue weighted by molar-refractivity contribution is 5.35. The van der Waals surface area contributed by atoms with Crippen molar-refractivity contribution < 1.29 is 0 Å². The van der Waals surface area contributed by atoms with Crippen LogP contribution in [-0.2, 0) is 6.42 Å². The van der Waals surface area contributed by atoms with E-state index in [1.807, 2.05) is 18.5 Å². The standard InChI is InChI=1S/C15H18N4/c1-2-6-17-14(5-1)10-13-4-3-9-19(12-13)15-11-16-7-8-18-15/h1-2,5-8,11,13H,3-4,9-10,12H2. The number of aromatic nitrogens is 3. The summed E-state index contributed by atoms with van der Waals surface area (Å²) in [6, 6.07) is 6.14. The monoisotopic (exact) mass is 254 g/mol. The molecule has 19 heavy (non-hydrogen) atoms. The van der Waals surface area contributed by atoms with Crippen molar-refractivity contribution in [3.63, 3.8) is 0 Å². The minimum absolute atomic E-state index is 0.658. The number of rotatable bonds is 3. The first-order chi connectivity index (χ1) is 9.42. The third-order valence-corrected chi connectivity index (χ3v) is 3.62. The van der Waals surface area contributed by atoms with Crippen molar-refractivity contribution in [1.29, 1.82) is 0 Å². The maximum absolute atomic E-state index is 4.42. The summed E-state index contributed by atoms with van der Waals surface area (Å²) in [6.07, 6.45) is 10.7. The van der Waals surface area contributed by atoms with Gasteiger partial charge in [0.15, 0.2) is 0 Å². The van der Waals surface area contributed by atoms with Crippen LogP contribution in [0.4, 0.5) is 5.82 Å². The molecule has 2 aromatic heterocycles. The lowest BCUT2D eigenvalue weighted by atomic mass is 9.93. The quantitative estimate of drug-likeness (QED) is 0.843. The zero-order chi connectivity index (χ0) is 12.9. The Labute approximate surface area is 113 Å². The molecule has 0 amide bonds. The predicted molar refractivity (Wildman–Crippen MR) is 74.9 cm³/mol. The molecule has 0 aromatic carbocycles. The fourth-order valence-corrected chi connectivity index (χ4v) is 2.71. The molecule has 0 N–H and O–H groups in total. The molecule has 4 nitrogen and oxygen atoms in total. The number of nitrogens with zero attached hydrogens (tertiary/aromatic N) is 4. The van der Waals surface area contributed by atoms with E-state index in [0.717, 1.165) is 25.3 Å². The van der Waals surface area contributed by atoms with Crippen molar-refractivity contribution in [3.8, 4) is 0 Å². The fraction of sp³-hybridized carbons (Fsp3) is 0.400. The molecule has 0 aliphatic carbocycles. The highest BCUT2D eigenvalue weighted by atomic mass is 15.2. The van der Waals surface area contributed by atoms with Crippen LogP contribution in [0.1, 0.15) is 18.5 Å². The first-order valence-electron chi connectivity index (χ1n) is 6.83. The smallest absolute Gasteiger partial charge is 0.147 e. The molecule has 1 unspecified atom stereocenters. The number of piperidine rings is 1. The van der Waals surface area contributed by atoms with E-state index < -0.39 is 0 Å². The molecule has 1 aliphatic rings. The van der Waals surface area contributed by atoms with Gasteiger partial charge in [-0.2, -0.15) is 0 Å². The molecule has 2 aromatic rings. The molecule has 1 fully saturated rings. The number of hydrogen-bond donors (Lipinski definition) is 0. The maximum atomic E-state index is 4.42. The summed E-state index contributed by atoms with van der Waals surface area (Å²) in [5.74, 6) is 1.65. The van der Waals surface area contributed by atoms with Crippen LogP contribution in [0, 0.1) is 5.92 Å². The Hall–Kier alpha value is -1.97. The van der Waals surface area contributed by atoms with E-state index in [1.54, 1.807) is 12.4 Å². The first kappa shape index (κ1) is 12.1. The third kappa shape index (κ3) is 3.08. The Morgan fingerprint density at radius 1 is 1.16 bits per heavy atom. The Balaban J connectivity index is 1.65. The second-order valence-electron chi connectivity index (χ2n) is 5.04. The second-order valence-corrected chi connectivity index (χ2v) is 5.04. The van der Waals surface area contributed by atoms with Crippen LogP contribution in [0.2, 0.25) is 0 Å². The minimum Gasteiger partial charge on any atom is -0.355 e. The van der Waals surface area contributed by atoms with Gasteiger partial charge in [-0.3, -0.25) is 9.97 Å². The first-order valence-corrected chi connectivity index (χ1v) is 6.83. The molecule has 0 spiro atoms. The van der Waals surface area contributed by atoms with Crippen LogP contribution in [-0.4, -0.2) is 28.0 Å². The van der Waals surface area contributed by atoms with Crippen molar-refractivity contribution in [2.45, 2.75) is 19.3 Å². The lowest BCUT2D eigenvalue weighted by molar-refractivity contribution is 0.408. The van der Waals surface area contributed by atoms with Crippen molar-refractivity contribution >= 4 is 5.82 Å². The maximum Gasteiger partial charge on any atom is 0.147 e. The van der Waals surface area contributed by atoms with Gasteiger partial charge in [-0.15, -0.1) is 0 Å².